The lowest BCUT2D eigenvalue weighted by Crippen LogP contribution is -2.28. The summed E-state index contributed by atoms with van der Waals surface area (Å²) in [6.07, 6.45) is 0.631. The molecule has 0 aliphatic carbocycles. The van der Waals surface area contributed by atoms with Crippen molar-refractivity contribution in [2.75, 3.05) is 25.7 Å². The summed E-state index contributed by atoms with van der Waals surface area (Å²) in [6.45, 7) is 4.12. The van der Waals surface area contributed by atoms with Crippen LogP contribution in [0.4, 0.5) is 4.39 Å². The third-order valence-electron chi connectivity index (χ3n) is 5.42. The third-order valence-corrected chi connectivity index (χ3v) is 7.17. The summed E-state index contributed by atoms with van der Waals surface area (Å²) in [5.41, 5.74) is 3.13. The number of hydrogen-bond donors (Lipinski definition) is 0. The van der Waals surface area contributed by atoms with Gasteiger partial charge in [0, 0.05) is 24.8 Å². The molecular weight excluding hydrogens is 397 g/mol. The van der Waals surface area contributed by atoms with E-state index in [4.69, 9.17) is 4.74 Å². The normalized spacial score (nSPS) is 18.0. The molecular formula is C20H26FN3O4S. The molecule has 2 aromatic rings. The number of amides is 1. The maximum Gasteiger partial charge on any atom is 0.227 e. The highest BCUT2D eigenvalue weighted by atomic mass is 32.2. The zero-order valence-electron chi connectivity index (χ0n) is 17.1. The van der Waals surface area contributed by atoms with Gasteiger partial charge >= 0.3 is 0 Å². The molecule has 1 amide bonds. The minimum Gasteiger partial charge on any atom is -0.494 e. The first-order valence-electron chi connectivity index (χ1n) is 9.42. The molecule has 9 heteroatoms. The van der Waals surface area contributed by atoms with Crippen LogP contribution in [0.15, 0.2) is 18.2 Å². The van der Waals surface area contributed by atoms with E-state index in [2.05, 4.69) is 5.10 Å². The number of aryl methyl sites for hydroxylation is 1. The highest BCUT2D eigenvalue weighted by molar-refractivity contribution is 7.91. The standard InChI is InChI=1S/C20H26FN3O4S/c1-13-17(14(2)24(22-13)16-7-8-29(26,27)12-16)11-23(3)20(25)10-15-5-6-19(28-4)18(21)9-15/h5-6,9,16H,7-8,10-12H2,1-4H3/t16-/m0/s1. The van der Waals surface area contributed by atoms with E-state index in [9.17, 15) is 17.6 Å². The van der Waals surface area contributed by atoms with Crippen LogP contribution in [0.25, 0.3) is 0 Å². The van der Waals surface area contributed by atoms with Gasteiger partial charge in [0.1, 0.15) is 0 Å². The molecule has 1 aromatic carbocycles. The summed E-state index contributed by atoms with van der Waals surface area (Å²) in [4.78, 5) is 14.2. The van der Waals surface area contributed by atoms with Crippen LogP contribution in [0.5, 0.6) is 5.75 Å². The summed E-state index contributed by atoms with van der Waals surface area (Å²) >= 11 is 0. The van der Waals surface area contributed by atoms with E-state index in [1.165, 1.54) is 19.2 Å². The molecule has 0 N–H and O–H groups in total. The van der Waals surface area contributed by atoms with Crippen LogP contribution in [0.2, 0.25) is 0 Å². The summed E-state index contributed by atoms with van der Waals surface area (Å²) in [6, 6.07) is 4.32. The van der Waals surface area contributed by atoms with Crippen molar-refractivity contribution in [3.8, 4) is 5.75 Å². The Labute approximate surface area is 170 Å². The number of hydrogen-bond acceptors (Lipinski definition) is 5. The van der Waals surface area contributed by atoms with Gasteiger partial charge in [-0.1, -0.05) is 6.07 Å². The largest absolute Gasteiger partial charge is 0.494 e. The molecule has 0 radical (unpaired) electrons. The first kappa shape index (κ1) is 21.3. The quantitative estimate of drug-likeness (QED) is 0.712. The highest BCUT2D eigenvalue weighted by Crippen LogP contribution is 2.27. The predicted molar refractivity (Wildman–Crippen MR) is 107 cm³/mol. The van der Waals surface area contributed by atoms with Crippen LogP contribution in [0.1, 0.15) is 35.0 Å². The van der Waals surface area contributed by atoms with E-state index in [0.29, 0.717) is 18.5 Å². The van der Waals surface area contributed by atoms with Gasteiger partial charge in [0.2, 0.25) is 5.91 Å². The van der Waals surface area contributed by atoms with Crippen LogP contribution >= 0.6 is 0 Å². The SMILES string of the molecule is COc1ccc(CC(=O)N(C)Cc2c(C)nn([C@H]3CCS(=O)(=O)C3)c2C)cc1F. The van der Waals surface area contributed by atoms with E-state index in [1.54, 1.807) is 22.7 Å². The van der Waals surface area contributed by atoms with Gasteiger partial charge in [-0.05, 0) is 38.0 Å². The Morgan fingerprint density at radius 3 is 2.69 bits per heavy atom. The summed E-state index contributed by atoms with van der Waals surface area (Å²) in [5, 5.41) is 4.54. The summed E-state index contributed by atoms with van der Waals surface area (Å²) < 4.78 is 44.1. The number of likely N-dealkylation sites (N-methyl/N-ethyl adjacent to an activating group) is 1. The minimum atomic E-state index is -3.01. The van der Waals surface area contributed by atoms with Crippen molar-refractivity contribution < 1.29 is 22.3 Å². The van der Waals surface area contributed by atoms with Gasteiger partial charge in [0.25, 0.3) is 0 Å². The fraction of sp³-hybridized carbons (Fsp3) is 0.500. The topological polar surface area (TPSA) is 81.5 Å². The Kier molecular flexibility index (Phi) is 5.97. The fourth-order valence-electron chi connectivity index (χ4n) is 3.70. The Morgan fingerprint density at radius 1 is 1.38 bits per heavy atom. The second-order valence-corrected chi connectivity index (χ2v) is 9.78. The number of benzene rings is 1. The molecule has 2 heterocycles. The van der Waals surface area contributed by atoms with Gasteiger partial charge in [-0.25, -0.2) is 12.8 Å². The first-order chi connectivity index (χ1) is 13.6. The lowest BCUT2D eigenvalue weighted by atomic mass is 10.1. The molecule has 7 nitrogen and oxygen atoms in total. The lowest BCUT2D eigenvalue weighted by Gasteiger charge is -2.18. The molecule has 0 unspecified atom stereocenters. The number of carbonyl (C=O) groups excluding carboxylic acids is 1. The van der Waals surface area contributed by atoms with E-state index in [1.807, 2.05) is 13.8 Å². The highest BCUT2D eigenvalue weighted by Gasteiger charge is 2.31. The molecule has 0 bridgehead atoms. The van der Waals surface area contributed by atoms with E-state index >= 15 is 0 Å². The van der Waals surface area contributed by atoms with Crippen LogP contribution in [0, 0.1) is 19.7 Å². The van der Waals surface area contributed by atoms with Gasteiger partial charge < -0.3 is 9.64 Å². The molecule has 1 aliphatic heterocycles. The molecule has 3 rings (SSSR count). The molecule has 1 aromatic heterocycles. The zero-order valence-corrected chi connectivity index (χ0v) is 17.9. The Bertz CT molecular complexity index is 1030. The Hall–Kier alpha value is -2.42. The molecule has 1 aliphatic rings. The average molecular weight is 424 g/mol. The zero-order chi connectivity index (χ0) is 21.3. The van der Waals surface area contributed by atoms with Crippen molar-refractivity contribution in [1.29, 1.82) is 0 Å². The molecule has 158 valence electrons. The van der Waals surface area contributed by atoms with Gasteiger partial charge in [-0.2, -0.15) is 5.10 Å². The molecule has 1 atom stereocenters. The number of sulfone groups is 1. The maximum atomic E-state index is 13.9. The van der Waals surface area contributed by atoms with Gasteiger partial charge in [0.15, 0.2) is 21.4 Å². The van der Waals surface area contributed by atoms with Crippen molar-refractivity contribution in [2.45, 2.75) is 39.3 Å². The Morgan fingerprint density at radius 2 is 2.10 bits per heavy atom. The van der Waals surface area contributed by atoms with Crippen molar-refractivity contribution in [1.82, 2.24) is 14.7 Å². The van der Waals surface area contributed by atoms with E-state index in [-0.39, 0.29) is 35.6 Å². The van der Waals surface area contributed by atoms with Crippen molar-refractivity contribution in [3.63, 3.8) is 0 Å². The maximum absolute atomic E-state index is 13.9. The van der Waals surface area contributed by atoms with Crippen LogP contribution in [-0.2, 0) is 27.6 Å². The lowest BCUT2D eigenvalue weighted by molar-refractivity contribution is -0.129. The number of halogens is 1. The van der Waals surface area contributed by atoms with Crippen molar-refractivity contribution >= 4 is 15.7 Å². The number of methoxy groups -OCH3 is 1. The third kappa shape index (κ3) is 4.60. The van der Waals surface area contributed by atoms with Gasteiger partial charge in [-0.15, -0.1) is 0 Å². The van der Waals surface area contributed by atoms with Gasteiger partial charge in [-0.3, -0.25) is 9.48 Å². The predicted octanol–water partition coefficient (Wildman–Crippen LogP) is 2.21. The second kappa shape index (κ2) is 8.14. The van der Waals surface area contributed by atoms with Crippen LogP contribution in [-0.4, -0.2) is 54.7 Å². The van der Waals surface area contributed by atoms with Crippen molar-refractivity contribution in [2.24, 2.45) is 0 Å². The van der Waals surface area contributed by atoms with Gasteiger partial charge in [0.05, 0.1) is 36.8 Å². The monoisotopic (exact) mass is 423 g/mol. The molecule has 0 spiro atoms. The summed E-state index contributed by atoms with van der Waals surface area (Å²) in [5.74, 6) is -0.222. The second-order valence-electron chi connectivity index (χ2n) is 7.55. The number of ether oxygens (including phenoxy) is 1. The molecule has 1 saturated heterocycles. The fourth-order valence-corrected chi connectivity index (χ4v) is 5.40. The number of aromatic nitrogens is 2. The first-order valence-corrected chi connectivity index (χ1v) is 11.2. The summed E-state index contributed by atoms with van der Waals surface area (Å²) in [7, 11) is 0.0760. The number of nitrogens with zero attached hydrogens (tertiary/aromatic N) is 3. The molecule has 29 heavy (non-hydrogen) atoms. The van der Waals surface area contributed by atoms with Crippen LogP contribution in [0.3, 0.4) is 0 Å². The number of rotatable bonds is 6. The van der Waals surface area contributed by atoms with E-state index in [0.717, 1.165) is 17.0 Å². The number of carbonyl (C=O) groups is 1. The average Bonchev–Trinajstić information content (AvgIpc) is 3.15. The minimum absolute atomic E-state index is 0.0739. The molecule has 1 fully saturated rings. The smallest absolute Gasteiger partial charge is 0.227 e. The van der Waals surface area contributed by atoms with Crippen LogP contribution < -0.4 is 4.74 Å². The van der Waals surface area contributed by atoms with Crippen molar-refractivity contribution in [3.05, 3.63) is 46.5 Å². The van der Waals surface area contributed by atoms with E-state index < -0.39 is 15.7 Å². The Balaban J connectivity index is 1.71. The molecule has 0 saturated carbocycles.